The standard InChI is InChI=1S/C9H10BrClO3S/c1-6-3-9(14-2)8(10)4-7(6)5-15(11,12)13/h3-4H,5H2,1-2H3. The van der Waals surface area contributed by atoms with E-state index in [1.54, 1.807) is 19.2 Å². The lowest BCUT2D eigenvalue weighted by atomic mass is 10.1. The number of ether oxygens (including phenoxy) is 1. The molecule has 0 unspecified atom stereocenters. The first kappa shape index (κ1) is 12.8. The van der Waals surface area contributed by atoms with Crippen LogP contribution in [0.4, 0.5) is 0 Å². The van der Waals surface area contributed by atoms with E-state index >= 15 is 0 Å². The van der Waals surface area contributed by atoms with E-state index in [9.17, 15) is 8.42 Å². The summed E-state index contributed by atoms with van der Waals surface area (Å²) in [4.78, 5) is 0. The summed E-state index contributed by atoms with van der Waals surface area (Å²) in [7, 11) is 3.22. The van der Waals surface area contributed by atoms with Crippen LogP contribution in [0.3, 0.4) is 0 Å². The third-order valence-electron chi connectivity index (χ3n) is 1.94. The molecule has 0 bridgehead atoms. The summed E-state index contributed by atoms with van der Waals surface area (Å²) in [6.07, 6.45) is 0. The van der Waals surface area contributed by atoms with Crippen molar-refractivity contribution in [2.45, 2.75) is 12.7 Å². The van der Waals surface area contributed by atoms with Gasteiger partial charge in [0, 0.05) is 10.7 Å². The van der Waals surface area contributed by atoms with Gasteiger partial charge < -0.3 is 4.74 Å². The van der Waals surface area contributed by atoms with E-state index in [4.69, 9.17) is 15.4 Å². The molecule has 0 saturated heterocycles. The van der Waals surface area contributed by atoms with Crippen molar-refractivity contribution < 1.29 is 13.2 Å². The van der Waals surface area contributed by atoms with E-state index in [0.717, 1.165) is 5.56 Å². The van der Waals surface area contributed by atoms with Crippen molar-refractivity contribution in [3.63, 3.8) is 0 Å². The molecule has 0 radical (unpaired) electrons. The molecule has 6 heteroatoms. The fraction of sp³-hybridized carbons (Fsp3) is 0.333. The highest BCUT2D eigenvalue weighted by atomic mass is 79.9. The van der Waals surface area contributed by atoms with Crippen LogP contribution < -0.4 is 4.74 Å². The molecule has 84 valence electrons. The molecule has 15 heavy (non-hydrogen) atoms. The van der Waals surface area contributed by atoms with Crippen LogP contribution >= 0.6 is 26.6 Å². The third-order valence-corrected chi connectivity index (χ3v) is 3.54. The lowest BCUT2D eigenvalue weighted by molar-refractivity contribution is 0.411. The van der Waals surface area contributed by atoms with Crippen LogP contribution in [0.2, 0.25) is 0 Å². The summed E-state index contributed by atoms with van der Waals surface area (Å²) in [5.74, 6) is 0.492. The van der Waals surface area contributed by atoms with Crippen LogP contribution in [-0.4, -0.2) is 15.5 Å². The van der Waals surface area contributed by atoms with Gasteiger partial charge in [0.05, 0.1) is 17.3 Å². The smallest absolute Gasteiger partial charge is 0.236 e. The number of methoxy groups -OCH3 is 1. The highest BCUT2D eigenvalue weighted by molar-refractivity contribution is 9.10. The van der Waals surface area contributed by atoms with Gasteiger partial charge in [0.2, 0.25) is 9.05 Å². The molecule has 0 fully saturated rings. The number of rotatable bonds is 3. The zero-order chi connectivity index (χ0) is 11.6. The van der Waals surface area contributed by atoms with Gasteiger partial charge in [-0.3, -0.25) is 0 Å². The lowest BCUT2D eigenvalue weighted by Gasteiger charge is -2.08. The van der Waals surface area contributed by atoms with Crippen LogP contribution in [-0.2, 0) is 14.8 Å². The minimum absolute atomic E-state index is 0.178. The van der Waals surface area contributed by atoms with Gasteiger partial charge in [-0.2, -0.15) is 0 Å². The maximum absolute atomic E-state index is 10.9. The average molecular weight is 314 g/mol. The highest BCUT2D eigenvalue weighted by Crippen LogP contribution is 2.29. The van der Waals surface area contributed by atoms with Crippen LogP contribution in [0.25, 0.3) is 0 Å². The molecule has 1 rings (SSSR count). The molecule has 0 N–H and O–H groups in total. The topological polar surface area (TPSA) is 43.4 Å². The molecule has 0 aliphatic rings. The van der Waals surface area contributed by atoms with Crippen molar-refractivity contribution in [1.82, 2.24) is 0 Å². The summed E-state index contributed by atoms with van der Waals surface area (Å²) in [6, 6.07) is 3.47. The molecule has 1 aromatic carbocycles. The van der Waals surface area contributed by atoms with Gasteiger partial charge in [-0.15, -0.1) is 0 Å². The first-order chi connectivity index (χ1) is 6.83. The molecular weight excluding hydrogens is 304 g/mol. The maximum Gasteiger partial charge on any atom is 0.236 e. The summed E-state index contributed by atoms with van der Waals surface area (Å²) >= 11 is 3.29. The second kappa shape index (κ2) is 4.72. The lowest BCUT2D eigenvalue weighted by Crippen LogP contribution is -1.98. The van der Waals surface area contributed by atoms with Crippen molar-refractivity contribution in [2.24, 2.45) is 0 Å². The molecule has 0 saturated carbocycles. The van der Waals surface area contributed by atoms with E-state index in [0.29, 0.717) is 15.8 Å². The summed E-state index contributed by atoms with van der Waals surface area (Å²) in [5.41, 5.74) is 1.50. The Kier molecular flexibility index (Phi) is 4.03. The van der Waals surface area contributed by atoms with E-state index in [-0.39, 0.29) is 5.75 Å². The van der Waals surface area contributed by atoms with Gasteiger partial charge in [-0.05, 0) is 46.1 Å². The van der Waals surface area contributed by atoms with Gasteiger partial charge in [0.1, 0.15) is 5.75 Å². The van der Waals surface area contributed by atoms with Crippen LogP contribution in [0.5, 0.6) is 5.75 Å². The largest absolute Gasteiger partial charge is 0.496 e. The van der Waals surface area contributed by atoms with Gasteiger partial charge >= 0.3 is 0 Å². The van der Waals surface area contributed by atoms with E-state index in [1.807, 2.05) is 6.92 Å². The molecule has 0 heterocycles. The average Bonchev–Trinajstić information content (AvgIpc) is 2.08. The quantitative estimate of drug-likeness (QED) is 0.806. The fourth-order valence-electron chi connectivity index (χ4n) is 1.19. The fourth-order valence-corrected chi connectivity index (χ4v) is 2.78. The predicted molar refractivity (Wildman–Crippen MR) is 63.9 cm³/mol. The minimum Gasteiger partial charge on any atom is -0.496 e. The molecule has 0 spiro atoms. The second-order valence-corrected chi connectivity index (χ2v) is 6.73. The Morgan fingerprint density at radius 3 is 2.53 bits per heavy atom. The zero-order valence-corrected chi connectivity index (χ0v) is 11.4. The Morgan fingerprint density at radius 2 is 2.07 bits per heavy atom. The van der Waals surface area contributed by atoms with E-state index in [1.165, 1.54) is 0 Å². The Hall–Kier alpha value is -0.260. The molecule has 3 nitrogen and oxygen atoms in total. The highest BCUT2D eigenvalue weighted by Gasteiger charge is 2.12. The number of hydrogen-bond acceptors (Lipinski definition) is 3. The van der Waals surface area contributed by atoms with E-state index in [2.05, 4.69) is 15.9 Å². The van der Waals surface area contributed by atoms with Crippen LogP contribution in [0, 0.1) is 6.92 Å². The Bertz CT molecular complexity index is 470. The molecule has 0 amide bonds. The SMILES string of the molecule is COc1cc(C)c(CS(=O)(=O)Cl)cc1Br. The Labute approximate surface area is 102 Å². The Balaban J connectivity index is 3.17. The third kappa shape index (κ3) is 3.66. The molecule has 0 aliphatic carbocycles. The molecular formula is C9H10BrClO3S. The second-order valence-electron chi connectivity index (χ2n) is 3.10. The summed E-state index contributed by atoms with van der Waals surface area (Å²) in [6.45, 7) is 1.81. The van der Waals surface area contributed by atoms with Gasteiger partial charge in [0.25, 0.3) is 0 Å². The summed E-state index contributed by atoms with van der Waals surface area (Å²) in [5, 5.41) is 0. The summed E-state index contributed by atoms with van der Waals surface area (Å²) < 4.78 is 27.7. The van der Waals surface area contributed by atoms with Crippen molar-refractivity contribution in [2.75, 3.05) is 7.11 Å². The van der Waals surface area contributed by atoms with E-state index < -0.39 is 9.05 Å². The van der Waals surface area contributed by atoms with Crippen molar-refractivity contribution in [3.8, 4) is 5.75 Å². The van der Waals surface area contributed by atoms with Crippen LogP contribution in [0.15, 0.2) is 16.6 Å². The first-order valence-electron chi connectivity index (χ1n) is 4.09. The van der Waals surface area contributed by atoms with Crippen LogP contribution in [0.1, 0.15) is 11.1 Å². The number of benzene rings is 1. The first-order valence-corrected chi connectivity index (χ1v) is 7.36. The Morgan fingerprint density at radius 1 is 1.47 bits per heavy atom. The number of hydrogen-bond donors (Lipinski definition) is 0. The monoisotopic (exact) mass is 312 g/mol. The normalized spacial score (nSPS) is 11.5. The van der Waals surface area contributed by atoms with Gasteiger partial charge in [0.15, 0.2) is 0 Å². The molecule has 0 aromatic heterocycles. The van der Waals surface area contributed by atoms with Crippen molar-refractivity contribution in [3.05, 3.63) is 27.7 Å². The molecule has 0 aliphatic heterocycles. The number of aryl methyl sites for hydroxylation is 1. The maximum atomic E-state index is 10.9. The number of halogens is 2. The van der Waals surface area contributed by atoms with Crippen molar-refractivity contribution >= 4 is 35.7 Å². The van der Waals surface area contributed by atoms with Gasteiger partial charge in [-0.25, -0.2) is 8.42 Å². The predicted octanol–water partition coefficient (Wildman–Crippen LogP) is 2.83. The van der Waals surface area contributed by atoms with Gasteiger partial charge in [-0.1, -0.05) is 0 Å². The molecule has 0 atom stereocenters. The van der Waals surface area contributed by atoms with Crippen molar-refractivity contribution in [1.29, 1.82) is 0 Å². The zero-order valence-electron chi connectivity index (χ0n) is 8.25. The minimum atomic E-state index is -3.53. The molecule has 1 aromatic rings.